The van der Waals surface area contributed by atoms with Crippen LogP contribution in [-0.4, -0.2) is 19.9 Å². The van der Waals surface area contributed by atoms with Gasteiger partial charge in [-0.1, -0.05) is 22.0 Å². The summed E-state index contributed by atoms with van der Waals surface area (Å²) in [6, 6.07) is 6.00. The summed E-state index contributed by atoms with van der Waals surface area (Å²) < 4.78 is 19.6. The number of rotatable bonds is 0. The third kappa shape index (κ3) is 1.48. The summed E-state index contributed by atoms with van der Waals surface area (Å²) >= 11 is 3.43. The van der Waals surface area contributed by atoms with Crippen LogP contribution in [0.5, 0.6) is 5.75 Å². The average molecular weight is 271 g/mol. The molecule has 1 saturated heterocycles. The predicted molar refractivity (Wildman–Crippen MR) is 59.9 cm³/mol. The van der Waals surface area contributed by atoms with Crippen molar-refractivity contribution in [2.24, 2.45) is 0 Å². The van der Waals surface area contributed by atoms with Crippen LogP contribution in [-0.2, 0) is 10.3 Å². The highest BCUT2D eigenvalue weighted by molar-refractivity contribution is 9.10. The number of nitrogens with one attached hydrogen (secondary N) is 1. The molecule has 2 aliphatic heterocycles. The standard InChI is InChI=1S/C11H12BrNO2/c12-8-1-2-9-10(5-8)15-4-3-11(9)6-14-7-13-11/h1-2,5,13H,3-4,6-7H2/i7D/t7-,11?/m0/s1. The fourth-order valence-electron chi connectivity index (χ4n) is 2.16. The molecule has 2 atom stereocenters. The lowest BCUT2D eigenvalue weighted by Gasteiger charge is -2.34. The van der Waals surface area contributed by atoms with Gasteiger partial charge in [-0.3, -0.25) is 5.32 Å². The van der Waals surface area contributed by atoms with Crippen molar-refractivity contribution in [1.29, 1.82) is 0 Å². The number of hydrogen-bond acceptors (Lipinski definition) is 3. The van der Waals surface area contributed by atoms with Gasteiger partial charge in [0, 0.05) is 16.5 Å². The maximum atomic E-state index is 7.59. The Hall–Kier alpha value is -0.580. The first-order chi connectivity index (χ1) is 7.70. The molecule has 0 bridgehead atoms. The lowest BCUT2D eigenvalue weighted by Crippen LogP contribution is -2.43. The molecule has 1 aromatic rings. The molecular formula is C11H12BrNO2. The molecule has 2 heterocycles. The van der Waals surface area contributed by atoms with Gasteiger partial charge in [0.25, 0.3) is 0 Å². The van der Waals surface area contributed by atoms with Crippen LogP contribution in [0.4, 0.5) is 0 Å². The molecule has 0 radical (unpaired) electrons. The second-order valence-corrected chi connectivity index (χ2v) is 4.81. The van der Waals surface area contributed by atoms with Crippen molar-refractivity contribution in [2.45, 2.75) is 12.0 Å². The van der Waals surface area contributed by atoms with Crippen LogP contribution in [0, 0.1) is 0 Å². The second kappa shape index (κ2) is 3.47. The molecule has 80 valence electrons. The van der Waals surface area contributed by atoms with Crippen molar-refractivity contribution in [3.8, 4) is 5.75 Å². The van der Waals surface area contributed by atoms with Crippen LogP contribution in [0.1, 0.15) is 13.4 Å². The number of halogens is 1. The Morgan fingerprint density at radius 2 is 2.47 bits per heavy atom. The predicted octanol–water partition coefficient (Wildman–Crippen LogP) is 2.00. The Bertz CT molecular complexity index is 428. The van der Waals surface area contributed by atoms with Gasteiger partial charge < -0.3 is 9.47 Å². The highest BCUT2D eigenvalue weighted by Crippen LogP contribution is 2.40. The summed E-state index contributed by atoms with van der Waals surface area (Å²) in [5.41, 5.74) is 0.859. The Balaban J connectivity index is 2.06. The monoisotopic (exact) mass is 270 g/mol. The molecule has 2 aliphatic rings. The van der Waals surface area contributed by atoms with Gasteiger partial charge in [-0.25, -0.2) is 0 Å². The quantitative estimate of drug-likeness (QED) is 0.783. The van der Waals surface area contributed by atoms with Gasteiger partial charge in [0.05, 0.1) is 26.8 Å². The highest BCUT2D eigenvalue weighted by Gasteiger charge is 2.40. The topological polar surface area (TPSA) is 30.5 Å². The number of ether oxygens (including phenoxy) is 2. The zero-order valence-corrected chi connectivity index (χ0v) is 9.71. The Labute approximate surface area is 98.3 Å². The molecule has 1 spiro atoms. The molecule has 1 aromatic carbocycles. The van der Waals surface area contributed by atoms with E-state index >= 15 is 0 Å². The third-order valence-corrected chi connectivity index (χ3v) is 3.49. The lowest BCUT2D eigenvalue weighted by atomic mass is 9.86. The van der Waals surface area contributed by atoms with Crippen molar-refractivity contribution in [3.05, 3.63) is 28.2 Å². The van der Waals surface area contributed by atoms with Crippen molar-refractivity contribution in [1.82, 2.24) is 5.32 Å². The summed E-state index contributed by atoms with van der Waals surface area (Å²) in [4.78, 5) is 0. The first-order valence-corrected chi connectivity index (χ1v) is 5.73. The fraction of sp³-hybridized carbons (Fsp3) is 0.455. The lowest BCUT2D eigenvalue weighted by molar-refractivity contribution is 0.151. The molecule has 0 saturated carbocycles. The van der Waals surface area contributed by atoms with E-state index in [1.807, 2.05) is 18.2 Å². The van der Waals surface area contributed by atoms with Crippen LogP contribution in [0.25, 0.3) is 0 Å². The Kier molecular flexibility index (Phi) is 1.98. The van der Waals surface area contributed by atoms with Crippen LogP contribution in [0.15, 0.2) is 22.7 Å². The highest BCUT2D eigenvalue weighted by atomic mass is 79.9. The minimum absolute atomic E-state index is 0.235. The number of hydrogen-bond donors (Lipinski definition) is 1. The summed E-state index contributed by atoms with van der Waals surface area (Å²) in [6.45, 7) is 0.570. The van der Waals surface area contributed by atoms with E-state index in [4.69, 9.17) is 10.8 Å². The molecule has 1 unspecified atom stereocenters. The SMILES string of the molecule is [2H][C@H]1NC2(CCOc3cc(Br)ccc32)CO1. The summed E-state index contributed by atoms with van der Waals surface area (Å²) in [5, 5.41) is 3.19. The van der Waals surface area contributed by atoms with E-state index in [-0.39, 0.29) is 5.54 Å². The van der Waals surface area contributed by atoms with E-state index in [9.17, 15) is 0 Å². The number of fused-ring (bicyclic) bond motifs is 2. The van der Waals surface area contributed by atoms with Gasteiger partial charge in [0.15, 0.2) is 0 Å². The average Bonchev–Trinajstić information content (AvgIpc) is 2.61. The van der Waals surface area contributed by atoms with Crippen LogP contribution < -0.4 is 10.1 Å². The van der Waals surface area contributed by atoms with E-state index in [1.54, 1.807) is 0 Å². The smallest absolute Gasteiger partial charge is 0.125 e. The Morgan fingerprint density at radius 1 is 1.53 bits per heavy atom. The largest absolute Gasteiger partial charge is 0.493 e. The van der Waals surface area contributed by atoms with E-state index in [1.165, 1.54) is 0 Å². The molecule has 3 rings (SSSR count). The van der Waals surface area contributed by atoms with E-state index in [0.29, 0.717) is 13.2 Å². The van der Waals surface area contributed by atoms with Gasteiger partial charge in [-0.05, 0) is 12.1 Å². The zero-order chi connectivity index (χ0) is 11.2. The van der Waals surface area contributed by atoms with Crippen molar-refractivity contribution in [3.63, 3.8) is 0 Å². The van der Waals surface area contributed by atoms with Crippen LogP contribution in [0.3, 0.4) is 0 Å². The van der Waals surface area contributed by atoms with Crippen LogP contribution >= 0.6 is 15.9 Å². The molecule has 15 heavy (non-hydrogen) atoms. The molecular weight excluding hydrogens is 258 g/mol. The van der Waals surface area contributed by atoms with Crippen LogP contribution in [0.2, 0.25) is 0 Å². The van der Waals surface area contributed by atoms with E-state index in [2.05, 4.69) is 21.2 Å². The molecule has 0 amide bonds. The zero-order valence-electron chi connectivity index (χ0n) is 9.13. The molecule has 4 heteroatoms. The van der Waals surface area contributed by atoms with Crippen molar-refractivity contribution >= 4 is 15.9 Å². The van der Waals surface area contributed by atoms with Gasteiger partial charge in [0.1, 0.15) is 5.75 Å². The van der Waals surface area contributed by atoms with Gasteiger partial charge >= 0.3 is 0 Å². The van der Waals surface area contributed by atoms with Crippen molar-refractivity contribution < 1.29 is 10.8 Å². The van der Waals surface area contributed by atoms with E-state index in [0.717, 1.165) is 22.2 Å². The minimum Gasteiger partial charge on any atom is -0.493 e. The molecule has 1 N–H and O–H groups in total. The summed E-state index contributed by atoms with van der Waals surface area (Å²) in [6.07, 6.45) is 0.844. The van der Waals surface area contributed by atoms with Gasteiger partial charge in [-0.15, -0.1) is 0 Å². The first-order valence-electron chi connectivity index (χ1n) is 5.52. The van der Waals surface area contributed by atoms with E-state index < -0.39 is 6.71 Å². The third-order valence-electron chi connectivity index (χ3n) is 2.99. The minimum atomic E-state index is -0.630. The number of benzene rings is 1. The first kappa shape index (κ1) is 8.56. The van der Waals surface area contributed by atoms with Crippen molar-refractivity contribution in [2.75, 3.05) is 19.9 Å². The molecule has 3 nitrogen and oxygen atoms in total. The van der Waals surface area contributed by atoms with Gasteiger partial charge in [0.2, 0.25) is 0 Å². The summed E-state index contributed by atoms with van der Waals surface area (Å²) in [5.74, 6) is 0.880. The maximum absolute atomic E-state index is 7.59. The summed E-state index contributed by atoms with van der Waals surface area (Å²) in [7, 11) is 0. The second-order valence-electron chi connectivity index (χ2n) is 3.89. The van der Waals surface area contributed by atoms with Gasteiger partial charge in [-0.2, -0.15) is 0 Å². The normalized spacial score (nSPS) is 34.7. The Morgan fingerprint density at radius 3 is 3.27 bits per heavy atom. The fourth-order valence-corrected chi connectivity index (χ4v) is 2.50. The molecule has 0 aromatic heterocycles. The molecule has 0 aliphatic carbocycles. The maximum Gasteiger partial charge on any atom is 0.125 e. The molecule has 1 fully saturated rings.